The van der Waals surface area contributed by atoms with E-state index < -0.39 is 4.92 Å². The third-order valence-electron chi connectivity index (χ3n) is 4.13. The summed E-state index contributed by atoms with van der Waals surface area (Å²) in [6.45, 7) is 0.180. The molecule has 2 aliphatic heterocycles. The molecule has 0 spiro atoms. The first kappa shape index (κ1) is 15.9. The largest absolute Gasteiger partial charge is 0.454 e. The normalized spacial score (nSPS) is 15.3. The van der Waals surface area contributed by atoms with Gasteiger partial charge in [-0.2, -0.15) is 5.10 Å². The van der Waals surface area contributed by atoms with Crippen molar-refractivity contribution in [1.29, 1.82) is 0 Å². The van der Waals surface area contributed by atoms with Crippen LogP contribution in [0.2, 0.25) is 0 Å². The molecule has 0 saturated carbocycles. The van der Waals surface area contributed by atoms with Gasteiger partial charge in [-0.3, -0.25) is 15.1 Å². The second-order valence-corrected chi connectivity index (χ2v) is 5.77. The van der Waals surface area contributed by atoms with Gasteiger partial charge in [-0.15, -0.1) is 5.10 Å². The van der Waals surface area contributed by atoms with Crippen LogP contribution in [-0.4, -0.2) is 36.4 Å². The van der Waals surface area contributed by atoms with E-state index >= 15 is 0 Å². The number of nitro benzene ring substituents is 1. The lowest BCUT2D eigenvalue weighted by Crippen LogP contribution is -2.08. The maximum atomic E-state index is 10.9. The Morgan fingerprint density at radius 2 is 1.88 bits per heavy atom. The maximum Gasteiger partial charge on any atom is 0.269 e. The number of fused-ring (bicyclic) bond motifs is 2. The van der Waals surface area contributed by atoms with Crippen molar-refractivity contribution in [3.05, 3.63) is 63.2 Å². The number of rotatable bonds is 3. The van der Waals surface area contributed by atoms with Crippen molar-refractivity contribution in [2.75, 3.05) is 13.8 Å². The molecule has 0 bridgehead atoms. The van der Waals surface area contributed by atoms with Crippen LogP contribution >= 0.6 is 0 Å². The number of nitro groups is 1. The van der Waals surface area contributed by atoms with Crippen molar-refractivity contribution in [2.45, 2.75) is 6.42 Å². The van der Waals surface area contributed by atoms with Crippen molar-refractivity contribution < 1.29 is 14.4 Å². The van der Waals surface area contributed by atoms with Gasteiger partial charge < -0.3 is 9.47 Å². The number of aliphatic imine (C=N–C) groups is 1. The van der Waals surface area contributed by atoms with E-state index in [0.29, 0.717) is 29.3 Å². The van der Waals surface area contributed by atoms with E-state index in [1.165, 1.54) is 12.1 Å². The Morgan fingerprint density at radius 1 is 1.15 bits per heavy atom. The lowest BCUT2D eigenvalue weighted by atomic mass is 9.94. The van der Waals surface area contributed by atoms with Crippen molar-refractivity contribution in [3.63, 3.8) is 0 Å². The number of non-ortho nitro benzene ring substituents is 1. The van der Waals surface area contributed by atoms with Crippen LogP contribution in [0.4, 0.5) is 5.69 Å². The number of benzene rings is 2. The molecule has 0 aliphatic carbocycles. The standard InChI is InChI=1S/C18H14N4O4/c1-19-9-13-6-12-7-16-17(26-10-25-16)8-15(12)18(21-20-13)11-2-4-14(5-3-11)22(23)24/h2-5,7-9H,6,10H2,1H3. The van der Waals surface area contributed by atoms with E-state index in [1.54, 1.807) is 25.4 Å². The van der Waals surface area contributed by atoms with Crippen LogP contribution in [0.3, 0.4) is 0 Å². The minimum atomic E-state index is -0.432. The Hall–Kier alpha value is -3.55. The van der Waals surface area contributed by atoms with Gasteiger partial charge in [0.2, 0.25) is 6.79 Å². The zero-order chi connectivity index (χ0) is 18.1. The fraction of sp³-hybridized carbons (Fsp3) is 0.167. The van der Waals surface area contributed by atoms with Crippen LogP contribution in [0.25, 0.3) is 0 Å². The first-order chi connectivity index (χ1) is 12.7. The average molecular weight is 350 g/mol. The van der Waals surface area contributed by atoms with Gasteiger partial charge in [0.25, 0.3) is 5.69 Å². The van der Waals surface area contributed by atoms with Crippen molar-refractivity contribution in [3.8, 4) is 11.5 Å². The van der Waals surface area contributed by atoms with Crippen LogP contribution in [0.1, 0.15) is 16.7 Å². The van der Waals surface area contributed by atoms with Crippen LogP contribution in [0.15, 0.2) is 51.6 Å². The molecular weight excluding hydrogens is 336 g/mol. The molecule has 8 heteroatoms. The molecule has 0 aromatic heterocycles. The quantitative estimate of drug-likeness (QED) is 0.483. The predicted molar refractivity (Wildman–Crippen MR) is 96.9 cm³/mol. The fourth-order valence-corrected chi connectivity index (χ4v) is 2.92. The summed E-state index contributed by atoms with van der Waals surface area (Å²) in [5, 5.41) is 19.6. The molecule has 2 aromatic rings. The van der Waals surface area contributed by atoms with Crippen LogP contribution < -0.4 is 9.47 Å². The summed E-state index contributed by atoms with van der Waals surface area (Å²) >= 11 is 0. The third-order valence-corrected chi connectivity index (χ3v) is 4.13. The van der Waals surface area contributed by atoms with E-state index in [0.717, 1.165) is 16.7 Å². The summed E-state index contributed by atoms with van der Waals surface area (Å²) in [6, 6.07) is 10.0. The number of hydrogen-bond donors (Lipinski definition) is 0. The van der Waals surface area contributed by atoms with Gasteiger partial charge in [0.15, 0.2) is 11.5 Å². The molecule has 0 fully saturated rings. The van der Waals surface area contributed by atoms with E-state index in [9.17, 15) is 10.1 Å². The zero-order valence-electron chi connectivity index (χ0n) is 13.9. The van der Waals surface area contributed by atoms with E-state index in [4.69, 9.17) is 9.47 Å². The second-order valence-electron chi connectivity index (χ2n) is 5.77. The highest BCUT2D eigenvalue weighted by Gasteiger charge is 2.23. The lowest BCUT2D eigenvalue weighted by molar-refractivity contribution is -0.384. The van der Waals surface area contributed by atoms with Crippen LogP contribution in [0.5, 0.6) is 11.5 Å². The Labute approximate surface area is 148 Å². The average Bonchev–Trinajstić information content (AvgIpc) is 3.02. The number of nitrogens with zero attached hydrogens (tertiary/aromatic N) is 4. The smallest absolute Gasteiger partial charge is 0.269 e. The maximum absolute atomic E-state index is 10.9. The molecule has 130 valence electrons. The summed E-state index contributed by atoms with van der Waals surface area (Å²) in [7, 11) is 1.68. The van der Waals surface area contributed by atoms with Gasteiger partial charge >= 0.3 is 0 Å². The van der Waals surface area contributed by atoms with Gasteiger partial charge in [-0.25, -0.2) is 0 Å². The van der Waals surface area contributed by atoms with E-state index in [2.05, 4.69) is 15.2 Å². The summed E-state index contributed by atoms with van der Waals surface area (Å²) in [5.74, 6) is 1.33. The van der Waals surface area contributed by atoms with E-state index in [-0.39, 0.29) is 12.5 Å². The first-order valence-electron chi connectivity index (χ1n) is 7.90. The summed E-state index contributed by atoms with van der Waals surface area (Å²) < 4.78 is 11.0. The Morgan fingerprint density at radius 3 is 2.58 bits per heavy atom. The van der Waals surface area contributed by atoms with Crippen molar-refractivity contribution in [2.24, 2.45) is 15.2 Å². The SMILES string of the molecule is CN=CC1=NN=C(c2ccc([N+](=O)[O-])cc2)c2cc3c(cc2C1)OCO3. The lowest BCUT2D eigenvalue weighted by Gasteiger charge is -2.10. The highest BCUT2D eigenvalue weighted by molar-refractivity contribution is 6.32. The molecule has 2 heterocycles. The molecule has 2 aliphatic rings. The van der Waals surface area contributed by atoms with Crippen molar-refractivity contribution in [1.82, 2.24) is 0 Å². The fourth-order valence-electron chi connectivity index (χ4n) is 2.92. The Kier molecular flexibility index (Phi) is 3.92. The summed E-state index contributed by atoms with van der Waals surface area (Å²) in [4.78, 5) is 14.5. The highest BCUT2D eigenvalue weighted by atomic mass is 16.7. The molecule has 4 rings (SSSR count). The third kappa shape index (κ3) is 2.81. The first-order valence-corrected chi connectivity index (χ1v) is 7.90. The Bertz CT molecular complexity index is 977. The van der Waals surface area contributed by atoms with Gasteiger partial charge in [-0.1, -0.05) is 0 Å². The molecule has 0 saturated heterocycles. The summed E-state index contributed by atoms with van der Waals surface area (Å²) in [6.07, 6.45) is 2.21. The van der Waals surface area contributed by atoms with E-state index in [1.807, 2.05) is 12.1 Å². The molecule has 0 atom stereocenters. The van der Waals surface area contributed by atoms with Crippen molar-refractivity contribution >= 4 is 23.3 Å². The van der Waals surface area contributed by atoms with Gasteiger partial charge in [0.05, 0.1) is 10.6 Å². The molecule has 8 nitrogen and oxygen atoms in total. The molecule has 0 unspecified atom stereocenters. The second kappa shape index (κ2) is 6.40. The van der Waals surface area contributed by atoms with Crippen LogP contribution in [0, 0.1) is 10.1 Å². The molecular formula is C18H14N4O4. The van der Waals surface area contributed by atoms with Gasteiger partial charge in [0, 0.05) is 42.9 Å². The minimum Gasteiger partial charge on any atom is -0.454 e. The number of hydrogen-bond acceptors (Lipinski definition) is 7. The topological polar surface area (TPSA) is 98.7 Å². The minimum absolute atomic E-state index is 0.0242. The van der Waals surface area contributed by atoms with Gasteiger partial charge in [0.1, 0.15) is 5.71 Å². The predicted octanol–water partition coefficient (Wildman–Crippen LogP) is 2.77. The summed E-state index contributed by atoms with van der Waals surface area (Å²) in [5.41, 5.74) is 3.91. The zero-order valence-corrected chi connectivity index (χ0v) is 13.9. The molecule has 26 heavy (non-hydrogen) atoms. The van der Waals surface area contributed by atoms with Crippen LogP contribution in [-0.2, 0) is 6.42 Å². The molecule has 0 radical (unpaired) electrons. The highest BCUT2D eigenvalue weighted by Crippen LogP contribution is 2.36. The Balaban J connectivity index is 1.85. The molecule has 2 aromatic carbocycles. The number of ether oxygens (including phenoxy) is 2. The molecule has 0 N–H and O–H groups in total. The monoisotopic (exact) mass is 350 g/mol. The molecule has 0 amide bonds. The van der Waals surface area contributed by atoms with Gasteiger partial charge in [-0.05, 0) is 29.8 Å².